The van der Waals surface area contributed by atoms with Crippen LogP contribution in [0.2, 0.25) is 0 Å². The van der Waals surface area contributed by atoms with Crippen molar-refractivity contribution in [1.29, 1.82) is 0 Å². The first-order valence-corrected chi connectivity index (χ1v) is 6.50. The lowest BCUT2D eigenvalue weighted by Crippen LogP contribution is -2.25. The minimum atomic E-state index is -1.05. The molecule has 2 heterocycles. The van der Waals surface area contributed by atoms with Crippen LogP contribution in [0.15, 0.2) is 12.4 Å². The third kappa shape index (κ3) is 3.64. The summed E-state index contributed by atoms with van der Waals surface area (Å²) in [5, 5.41) is 8.79. The van der Waals surface area contributed by atoms with Gasteiger partial charge in [0.2, 0.25) is 0 Å². The molecule has 1 aromatic heterocycles. The lowest BCUT2D eigenvalue weighted by molar-refractivity contribution is 0.0690. The summed E-state index contributed by atoms with van der Waals surface area (Å²) < 4.78 is 5.21. The summed E-state index contributed by atoms with van der Waals surface area (Å²) in [6.45, 7) is 2.65. The van der Waals surface area contributed by atoms with Gasteiger partial charge < -0.3 is 14.7 Å². The number of anilines is 1. The molecule has 0 aromatic carbocycles. The van der Waals surface area contributed by atoms with Crippen molar-refractivity contribution in [2.24, 2.45) is 5.92 Å². The Bertz CT molecular complexity index is 422. The number of ether oxygens (including phenoxy) is 1. The molecule has 6 nitrogen and oxygen atoms in total. The molecule has 1 atom stereocenters. The number of carbonyl (C=O) groups is 1. The molecule has 1 unspecified atom stereocenters. The summed E-state index contributed by atoms with van der Waals surface area (Å²) in [5.41, 5.74) is -0.0177. The molecular weight excluding hydrogens is 246 g/mol. The highest BCUT2D eigenvalue weighted by Crippen LogP contribution is 2.21. The van der Waals surface area contributed by atoms with Crippen LogP contribution in [0, 0.1) is 5.92 Å². The zero-order chi connectivity index (χ0) is 13.7. The molecule has 0 spiro atoms. The molecule has 1 aliphatic rings. The molecule has 1 saturated heterocycles. The smallest absolute Gasteiger partial charge is 0.356 e. The Kier molecular flexibility index (Phi) is 4.68. The molecular formula is C13H19N3O3. The van der Waals surface area contributed by atoms with E-state index in [1.807, 2.05) is 0 Å². The van der Waals surface area contributed by atoms with E-state index in [9.17, 15) is 4.79 Å². The van der Waals surface area contributed by atoms with Crippen molar-refractivity contribution in [3.05, 3.63) is 18.1 Å². The Hall–Kier alpha value is -1.69. The van der Waals surface area contributed by atoms with E-state index in [1.165, 1.54) is 6.20 Å². The zero-order valence-corrected chi connectivity index (χ0v) is 11.1. The van der Waals surface area contributed by atoms with E-state index in [0.29, 0.717) is 5.92 Å². The highest BCUT2D eigenvalue weighted by atomic mass is 16.5. The number of hydrogen-bond acceptors (Lipinski definition) is 5. The fourth-order valence-electron chi connectivity index (χ4n) is 2.39. The molecule has 0 saturated carbocycles. The molecule has 1 aromatic rings. The first kappa shape index (κ1) is 13.7. The molecule has 0 aliphatic carbocycles. The predicted molar refractivity (Wildman–Crippen MR) is 70.4 cm³/mol. The molecule has 0 bridgehead atoms. The summed E-state index contributed by atoms with van der Waals surface area (Å²) in [6, 6.07) is 0. The number of carboxylic acid groups (broad SMARTS) is 1. The van der Waals surface area contributed by atoms with E-state index in [4.69, 9.17) is 9.84 Å². The van der Waals surface area contributed by atoms with Crippen LogP contribution < -0.4 is 4.90 Å². The summed E-state index contributed by atoms with van der Waals surface area (Å²) in [6.07, 6.45) is 6.17. The van der Waals surface area contributed by atoms with Crippen molar-refractivity contribution in [2.75, 3.05) is 31.7 Å². The molecule has 104 valence electrons. The lowest BCUT2D eigenvalue weighted by Gasteiger charge is -2.21. The Morgan fingerprint density at radius 3 is 2.89 bits per heavy atom. The quantitative estimate of drug-likeness (QED) is 0.887. The Labute approximate surface area is 112 Å². The normalized spacial score (nSPS) is 20.1. The molecule has 1 aliphatic heterocycles. The first-order valence-electron chi connectivity index (χ1n) is 6.50. The van der Waals surface area contributed by atoms with Gasteiger partial charge in [-0.3, -0.25) is 0 Å². The molecule has 6 heteroatoms. The van der Waals surface area contributed by atoms with Crippen LogP contribution in [0.25, 0.3) is 0 Å². The second-order valence-corrected chi connectivity index (χ2v) is 4.80. The topological polar surface area (TPSA) is 75.5 Å². The van der Waals surface area contributed by atoms with E-state index < -0.39 is 5.97 Å². The summed E-state index contributed by atoms with van der Waals surface area (Å²) in [4.78, 5) is 21.0. The molecule has 0 radical (unpaired) electrons. The van der Waals surface area contributed by atoms with Crippen molar-refractivity contribution >= 4 is 11.8 Å². The van der Waals surface area contributed by atoms with Gasteiger partial charge >= 0.3 is 5.97 Å². The van der Waals surface area contributed by atoms with Gasteiger partial charge in [0, 0.05) is 26.8 Å². The molecule has 19 heavy (non-hydrogen) atoms. The number of hydrogen-bond donors (Lipinski definition) is 1. The monoisotopic (exact) mass is 265 g/mol. The van der Waals surface area contributed by atoms with Crippen molar-refractivity contribution < 1.29 is 14.6 Å². The minimum Gasteiger partial charge on any atom is -0.476 e. The maximum Gasteiger partial charge on any atom is 0.356 e. The fraction of sp³-hybridized carbons (Fsp3) is 0.615. The number of aromatic nitrogens is 2. The zero-order valence-electron chi connectivity index (χ0n) is 11.1. The molecule has 1 N–H and O–H groups in total. The predicted octanol–water partition coefficient (Wildman–Crippen LogP) is 1.43. The van der Waals surface area contributed by atoms with E-state index in [2.05, 4.69) is 14.9 Å². The summed E-state index contributed by atoms with van der Waals surface area (Å²) in [7, 11) is 1.73. The van der Waals surface area contributed by atoms with Crippen LogP contribution in [-0.2, 0) is 4.74 Å². The molecule has 0 amide bonds. The van der Waals surface area contributed by atoms with E-state index in [1.54, 1.807) is 13.3 Å². The van der Waals surface area contributed by atoms with Crippen molar-refractivity contribution in [3.8, 4) is 0 Å². The van der Waals surface area contributed by atoms with Crippen LogP contribution in [0.3, 0.4) is 0 Å². The van der Waals surface area contributed by atoms with Gasteiger partial charge in [-0.25, -0.2) is 14.8 Å². The van der Waals surface area contributed by atoms with Gasteiger partial charge in [-0.2, -0.15) is 0 Å². The van der Waals surface area contributed by atoms with Crippen LogP contribution in [0.4, 0.5) is 5.82 Å². The van der Waals surface area contributed by atoms with Gasteiger partial charge in [-0.15, -0.1) is 0 Å². The lowest BCUT2D eigenvalue weighted by atomic mass is 10.0. The van der Waals surface area contributed by atoms with Gasteiger partial charge in [0.1, 0.15) is 5.82 Å². The van der Waals surface area contributed by atoms with Crippen molar-refractivity contribution in [1.82, 2.24) is 9.97 Å². The average Bonchev–Trinajstić information content (AvgIpc) is 2.65. The van der Waals surface area contributed by atoms with Gasteiger partial charge in [0.15, 0.2) is 5.69 Å². The largest absolute Gasteiger partial charge is 0.476 e. The van der Waals surface area contributed by atoms with Gasteiger partial charge in [-0.05, 0) is 25.2 Å². The minimum absolute atomic E-state index is 0.0177. The standard InChI is InChI=1S/C13H19N3O3/c1-19-9-10-3-2-5-16(6-4-10)12-8-14-11(7-15-12)13(17)18/h7-8,10H,2-6,9H2,1H3,(H,17,18). The Balaban J connectivity index is 1.99. The number of carboxylic acids is 1. The van der Waals surface area contributed by atoms with E-state index >= 15 is 0 Å². The van der Waals surface area contributed by atoms with Crippen LogP contribution in [0.1, 0.15) is 29.8 Å². The fourth-order valence-corrected chi connectivity index (χ4v) is 2.39. The third-order valence-electron chi connectivity index (χ3n) is 3.43. The summed E-state index contributed by atoms with van der Waals surface area (Å²) in [5.74, 6) is 0.305. The number of aromatic carboxylic acids is 1. The van der Waals surface area contributed by atoms with Crippen molar-refractivity contribution in [3.63, 3.8) is 0 Å². The number of rotatable bonds is 4. The summed E-state index contributed by atoms with van der Waals surface area (Å²) >= 11 is 0. The van der Waals surface area contributed by atoms with Gasteiger partial charge in [-0.1, -0.05) is 0 Å². The maximum absolute atomic E-state index is 10.7. The highest BCUT2D eigenvalue weighted by Gasteiger charge is 2.18. The van der Waals surface area contributed by atoms with E-state index in [-0.39, 0.29) is 5.69 Å². The number of methoxy groups -OCH3 is 1. The number of nitrogens with zero attached hydrogens (tertiary/aromatic N) is 3. The molecule has 1 fully saturated rings. The Morgan fingerprint density at radius 1 is 1.42 bits per heavy atom. The van der Waals surface area contributed by atoms with Crippen LogP contribution in [0.5, 0.6) is 0 Å². The van der Waals surface area contributed by atoms with Crippen LogP contribution >= 0.6 is 0 Å². The molecule has 2 rings (SSSR count). The Morgan fingerprint density at radius 2 is 2.26 bits per heavy atom. The third-order valence-corrected chi connectivity index (χ3v) is 3.43. The highest BCUT2D eigenvalue weighted by molar-refractivity contribution is 5.84. The van der Waals surface area contributed by atoms with Gasteiger partial charge in [0.05, 0.1) is 12.4 Å². The SMILES string of the molecule is COCC1CCCN(c2cnc(C(=O)O)cn2)CC1. The van der Waals surface area contributed by atoms with Crippen molar-refractivity contribution in [2.45, 2.75) is 19.3 Å². The second kappa shape index (κ2) is 6.47. The maximum atomic E-state index is 10.7. The van der Waals surface area contributed by atoms with E-state index in [0.717, 1.165) is 44.8 Å². The van der Waals surface area contributed by atoms with Gasteiger partial charge in [0.25, 0.3) is 0 Å². The average molecular weight is 265 g/mol. The first-order chi connectivity index (χ1) is 9.20. The van der Waals surface area contributed by atoms with Crippen LogP contribution in [-0.4, -0.2) is 47.8 Å². The second-order valence-electron chi connectivity index (χ2n) is 4.80.